The van der Waals surface area contributed by atoms with Gasteiger partial charge >= 0.3 is 5.97 Å². The quantitative estimate of drug-likeness (QED) is 0.942. The van der Waals surface area contributed by atoms with Crippen molar-refractivity contribution in [1.82, 2.24) is 14.7 Å². The molecule has 0 atom stereocenters. The van der Waals surface area contributed by atoms with Gasteiger partial charge in [0, 0.05) is 30.8 Å². The van der Waals surface area contributed by atoms with Crippen molar-refractivity contribution < 1.29 is 9.90 Å². The second kappa shape index (κ2) is 6.06. The minimum absolute atomic E-state index is 0.129. The Morgan fingerprint density at radius 2 is 1.92 bits per heavy atom. The van der Waals surface area contributed by atoms with Gasteiger partial charge in [0.2, 0.25) is 0 Å². The number of hydrogen-bond acceptors (Lipinski definition) is 3. The standard InChI is InChI=1S/C19H25N3O2/c1-19(2,3)14-7-5-13(6-8-14)11-22-16-9-10-21(4)12-15(16)17(20-22)18(23)24/h5-8H,9-12H2,1-4H3,(H,23,24). The van der Waals surface area contributed by atoms with Gasteiger partial charge in [-0.15, -0.1) is 0 Å². The first-order valence-corrected chi connectivity index (χ1v) is 8.35. The maximum atomic E-state index is 11.5. The number of carboxylic acids is 1. The number of fused-ring (bicyclic) bond motifs is 1. The lowest BCUT2D eigenvalue weighted by atomic mass is 9.87. The molecule has 5 nitrogen and oxygen atoms in total. The topological polar surface area (TPSA) is 58.4 Å². The lowest BCUT2D eigenvalue weighted by molar-refractivity contribution is 0.0687. The molecule has 0 radical (unpaired) electrons. The summed E-state index contributed by atoms with van der Waals surface area (Å²) < 4.78 is 1.87. The van der Waals surface area contributed by atoms with Crippen LogP contribution in [0, 0.1) is 0 Å². The summed E-state index contributed by atoms with van der Waals surface area (Å²) in [7, 11) is 2.01. The molecule has 1 aliphatic heterocycles. The molecule has 0 bridgehead atoms. The Morgan fingerprint density at radius 3 is 2.50 bits per heavy atom. The molecule has 24 heavy (non-hydrogen) atoms. The van der Waals surface area contributed by atoms with Gasteiger partial charge in [-0.3, -0.25) is 4.68 Å². The molecule has 3 rings (SSSR count). The summed E-state index contributed by atoms with van der Waals surface area (Å²) in [5, 5.41) is 13.8. The number of aromatic nitrogens is 2. The Balaban J connectivity index is 1.90. The van der Waals surface area contributed by atoms with E-state index in [1.165, 1.54) is 5.56 Å². The highest BCUT2D eigenvalue weighted by Gasteiger charge is 2.26. The third-order valence-electron chi connectivity index (χ3n) is 4.68. The molecule has 0 aliphatic carbocycles. The van der Waals surface area contributed by atoms with Gasteiger partial charge in [-0.2, -0.15) is 5.10 Å². The van der Waals surface area contributed by atoms with E-state index in [1.54, 1.807) is 0 Å². The number of carboxylic acid groups (broad SMARTS) is 1. The number of likely N-dealkylation sites (N-methyl/N-ethyl adjacent to an activating group) is 1. The van der Waals surface area contributed by atoms with Crippen molar-refractivity contribution in [3.8, 4) is 0 Å². The lowest BCUT2D eigenvalue weighted by Crippen LogP contribution is -2.28. The van der Waals surface area contributed by atoms with E-state index in [1.807, 2.05) is 11.7 Å². The van der Waals surface area contributed by atoms with Crippen molar-refractivity contribution in [3.05, 3.63) is 52.3 Å². The van der Waals surface area contributed by atoms with Crippen molar-refractivity contribution in [2.75, 3.05) is 13.6 Å². The van der Waals surface area contributed by atoms with Gasteiger partial charge in [0.15, 0.2) is 5.69 Å². The molecule has 128 valence electrons. The summed E-state index contributed by atoms with van der Waals surface area (Å²) in [4.78, 5) is 13.6. The lowest BCUT2D eigenvalue weighted by Gasteiger charge is -2.23. The zero-order valence-electron chi connectivity index (χ0n) is 14.8. The minimum atomic E-state index is -0.941. The monoisotopic (exact) mass is 327 g/mol. The number of carbonyl (C=O) groups is 1. The van der Waals surface area contributed by atoms with Crippen LogP contribution in [0.5, 0.6) is 0 Å². The summed E-state index contributed by atoms with van der Waals surface area (Å²) in [5.41, 5.74) is 4.69. The number of rotatable bonds is 3. The molecule has 1 aromatic heterocycles. The van der Waals surface area contributed by atoms with E-state index in [2.05, 4.69) is 55.0 Å². The molecule has 5 heteroatoms. The van der Waals surface area contributed by atoms with E-state index in [0.717, 1.165) is 29.8 Å². The molecule has 1 N–H and O–H groups in total. The van der Waals surface area contributed by atoms with Crippen LogP contribution < -0.4 is 0 Å². The fourth-order valence-corrected chi connectivity index (χ4v) is 3.21. The largest absolute Gasteiger partial charge is 0.476 e. The predicted molar refractivity (Wildman–Crippen MR) is 93.5 cm³/mol. The number of aromatic carboxylic acids is 1. The van der Waals surface area contributed by atoms with E-state index in [4.69, 9.17) is 0 Å². The van der Waals surface area contributed by atoms with Crippen LogP contribution in [-0.2, 0) is 24.9 Å². The van der Waals surface area contributed by atoms with E-state index in [0.29, 0.717) is 13.1 Å². The zero-order valence-corrected chi connectivity index (χ0v) is 14.8. The van der Waals surface area contributed by atoms with Crippen LogP contribution in [0.3, 0.4) is 0 Å². The molecule has 0 fully saturated rings. The molecule has 0 spiro atoms. The molecule has 0 unspecified atom stereocenters. The first-order valence-electron chi connectivity index (χ1n) is 8.35. The van der Waals surface area contributed by atoms with Gasteiger partial charge in [0.25, 0.3) is 0 Å². The van der Waals surface area contributed by atoms with E-state index in [9.17, 15) is 9.90 Å². The Bertz CT molecular complexity index is 754. The summed E-state index contributed by atoms with van der Waals surface area (Å²) >= 11 is 0. The van der Waals surface area contributed by atoms with Crippen molar-refractivity contribution in [2.45, 2.75) is 45.7 Å². The maximum absolute atomic E-state index is 11.5. The summed E-state index contributed by atoms with van der Waals surface area (Å²) in [6.07, 6.45) is 0.839. The second-order valence-electron chi connectivity index (χ2n) is 7.67. The SMILES string of the molecule is CN1CCc2c(c(C(=O)O)nn2Cc2ccc(C(C)(C)C)cc2)C1. The molecule has 0 saturated carbocycles. The van der Waals surface area contributed by atoms with Crippen LogP contribution in [0.4, 0.5) is 0 Å². The molecule has 1 aromatic carbocycles. The van der Waals surface area contributed by atoms with E-state index < -0.39 is 5.97 Å². The van der Waals surface area contributed by atoms with Crippen LogP contribution in [0.25, 0.3) is 0 Å². The predicted octanol–water partition coefficient (Wildman–Crippen LogP) is 2.92. The zero-order chi connectivity index (χ0) is 17.5. The van der Waals surface area contributed by atoms with Crippen molar-refractivity contribution in [3.63, 3.8) is 0 Å². The number of hydrogen-bond donors (Lipinski definition) is 1. The summed E-state index contributed by atoms with van der Waals surface area (Å²) in [5.74, 6) is -0.941. The molecular weight excluding hydrogens is 302 g/mol. The Labute approximate surface area is 142 Å². The van der Waals surface area contributed by atoms with Crippen molar-refractivity contribution in [1.29, 1.82) is 0 Å². The van der Waals surface area contributed by atoms with Gasteiger partial charge < -0.3 is 10.0 Å². The highest BCUT2D eigenvalue weighted by molar-refractivity contribution is 5.87. The highest BCUT2D eigenvalue weighted by Crippen LogP contribution is 2.25. The third-order valence-corrected chi connectivity index (χ3v) is 4.68. The Hall–Kier alpha value is -2.14. The van der Waals surface area contributed by atoms with Gasteiger partial charge in [-0.05, 0) is 23.6 Å². The van der Waals surface area contributed by atoms with Crippen LogP contribution in [0.2, 0.25) is 0 Å². The molecular formula is C19H25N3O2. The van der Waals surface area contributed by atoms with Crippen molar-refractivity contribution >= 4 is 5.97 Å². The normalized spacial score (nSPS) is 15.3. The second-order valence-corrected chi connectivity index (χ2v) is 7.67. The molecule has 0 saturated heterocycles. The van der Waals surface area contributed by atoms with E-state index >= 15 is 0 Å². The van der Waals surface area contributed by atoms with Gasteiger partial charge in [0.05, 0.1) is 6.54 Å². The third kappa shape index (κ3) is 3.22. The molecule has 2 heterocycles. The fourth-order valence-electron chi connectivity index (χ4n) is 3.21. The minimum Gasteiger partial charge on any atom is -0.476 e. The van der Waals surface area contributed by atoms with Gasteiger partial charge in [0.1, 0.15) is 0 Å². The highest BCUT2D eigenvalue weighted by atomic mass is 16.4. The summed E-state index contributed by atoms with van der Waals surface area (Å²) in [6.45, 7) is 8.79. The maximum Gasteiger partial charge on any atom is 0.356 e. The van der Waals surface area contributed by atoms with Crippen LogP contribution in [0.15, 0.2) is 24.3 Å². The molecule has 0 amide bonds. The number of benzene rings is 1. The first-order chi connectivity index (χ1) is 11.3. The Morgan fingerprint density at radius 1 is 1.25 bits per heavy atom. The van der Waals surface area contributed by atoms with Crippen LogP contribution in [0.1, 0.15) is 53.6 Å². The van der Waals surface area contributed by atoms with Crippen molar-refractivity contribution in [2.24, 2.45) is 0 Å². The average molecular weight is 327 g/mol. The van der Waals surface area contributed by atoms with Crippen LogP contribution in [-0.4, -0.2) is 39.3 Å². The Kier molecular flexibility index (Phi) is 4.22. The average Bonchev–Trinajstić information content (AvgIpc) is 2.85. The number of nitrogens with zero attached hydrogens (tertiary/aromatic N) is 3. The first kappa shape index (κ1) is 16.7. The molecule has 1 aliphatic rings. The smallest absolute Gasteiger partial charge is 0.356 e. The van der Waals surface area contributed by atoms with E-state index in [-0.39, 0.29) is 11.1 Å². The summed E-state index contributed by atoms with van der Waals surface area (Å²) in [6, 6.07) is 8.53. The fraction of sp³-hybridized carbons (Fsp3) is 0.474. The van der Waals surface area contributed by atoms with Gasteiger partial charge in [-0.1, -0.05) is 45.0 Å². The van der Waals surface area contributed by atoms with Crippen LogP contribution >= 0.6 is 0 Å². The van der Waals surface area contributed by atoms with Gasteiger partial charge in [-0.25, -0.2) is 4.79 Å². The molecule has 2 aromatic rings.